The molecule has 1 amide bonds. The highest BCUT2D eigenvalue weighted by molar-refractivity contribution is 5.92. The minimum Gasteiger partial charge on any atom is -0.491 e. The minimum atomic E-state index is -0.366. The van der Waals surface area contributed by atoms with Crippen LogP contribution in [0.3, 0.4) is 0 Å². The Morgan fingerprint density at radius 3 is 2.81 bits per heavy atom. The van der Waals surface area contributed by atoms with Crippen LogP contribution >= 0.6 is 0 Å². The monoisotopic (exact) mass is 368 g/mol. The molecule has 2 heterocycles. The summed E-state index contributed by atoms with van der Waals surface area (Å²) in [5.41, 5.74) is 1.74. The number of H-pyrrole nitrogens is 1. The van der Waals surface area contributed by atoms with E-state index in [1.54, 1.807) is 0 Å². The van der Waals surface area contributed by atoms with Gasteiger partial charge >= 0.3 is 0 Å². The number of aromatic amines is 1. The van der Waals surface area contributed by atoms with Crippen molar-refractivity contribution in [3.63, 3.8) is 0 Å². The lowest BCUT2D eigenvalue weighted by Crippen LogP contribution is -2.31. The highest BCUT2D eigenvalue weighted by Gasteiger charge is 2.19. The summed E-state index contributed by atoms with van der Waals surface area (Å²) in [7, 11) is 1.39. The number of aromatic nitrogens is 3. The van der Waals surface area contributed by atoms with E-state index in [1.165, 1.54) is 24.3 Å². The van der Waals surface area contributed by atoms with Crippen LogP contribution in [0, 0.1) is 6.92 Å². The number of carbonyl (C=O) groups excluding carboxylic acids is 1. The van der Waals surface area contributed by atoms with Gasteiger partial charge in [0.1, 0.15) is 12.2 Å². The van der Waals surface area contributed by atoms with Crippen LogP contribution in [0.25, 0.3) is 11.4 Å². The standard InChI is InChI=1S/C19H20N4O4/c1-4-23(19(25)14-9-15(24)16(26-3)10-20-14)11-17-21-18(22-27-17)13-7-5-6-12(2)8-13/h5-10H,4,11H2,1-3H3,(H,20,24). The Morgan fingerprint density at radius 1 is 1.33 bits per heavy atom. The highest BCUT2D eigenvalue weighted by Crippen LogP contribution is 2.18. The summed E-state index contributed by atoms with van der Waals surface area (Å²) >= 11 is 0. The second-order valence-corrected chi connectivity index (χ2v) is 5.98. The third-order valence-electron chi connectivity index (χ3n) is 4.07. The molecule has 0 bridgehead atoms. The molecule has 1 N–H and O–H groups in total. The van der Waals surface area contributed by atoms with Crippen LogP contribution in [0.1, 0.15) is 28.9 Å². The highest BCUT2D eigenvalue weighted by atomic mass is 16.5. The van der Waals surface area contributed by atoms with Gasteiger partial charge in [-0.2, -0.15) is 4.98 Å². The second-order valence-electron chi connectivity index (χ2n) is 5.98. The number of hydrogen-bond donors (Lipinski definition) is 1. The first-order valence-corrected chi connectivity index (χ1v) is 8.47. The normalized spacial score (nSPS) is 10.6. The van der Waals surface area contributed by atoms with E-state index in [-0.39, 0.29) is 29.3 Å². The molecule has 0 unspecified atom stereocenters. The maximum Gasteiger partial charge on any atom is 0.270 e. The van der Waals surface area contributed by atoms with Gasteiger partial charge in [0, 0.05) is 24.4 Å². The molecule has 8 nitrogen and oxygen atoms in total. The summed E-state index contributed by atoms with van der Waals surface area (Å²) in [5, 5.41) is 3.99. The number of benzene rings is 1. The molecule has 0 spiro atoms. The van der Waals surface area contributed by atoms with E-state index < -0.39 is 0 Å². The van der Waals surface area contributed by atoms with Gasteiger partial charge in [-0.1, -0.05) is 28.9 Å². The molecule has 27 heavy (non-hydrogen) atoms. The molecule has 0 radical (unpaired) electrons. The minimum absolute atomic E-state index is 0.141. The molecule has 0 fully saturated rings. The Hall–Kier alpha value is -3.42. The van der Waals surface area contributed by atoms with E-state index in [4.69, 9.17) is 9.26 Å². The van der Waals surface area contributed by atoms with E-state index in [9.17, 15) is 9.59 Å². The van der Waals surface area contributed by atoms with Crippen LogP contribution in [0.5, 0.6) is 5.75 Å². The maximum absolute atomic E-state index is 12.7. The van der Waals surface area contributed by atoms with Gasteiger partial charge in [0.15, 0.2) is 5.75 Å². The first kappa shape index (κ1) is 18.4. The van der Waals surface area contributed by atoms with Crippen molar-refractivity contribution in [1.82, 2.24) is 20.0 Å². The van der Waals surface area contributed by atoms with E-state index >= 15 is 0 Å². The van der Waals surface area contributed by atoms with Gasteiger partial charge in [-0.3, -0.25) is 9.59 Å². The second kappa shape index (κ2) is 7.86. The van der Waals surface area contributed by atoms with Crippen molar-refractivity contribution < 1.29 is 14.1 Å². The SMILES string of the molecule is CCN(Cc1nc(-c2cccc(C)c2)no1)C(=O)c1cc(=O)c(OC)c[nH]1. The molecule has 140 valence electrons. The van der Waals surface area contributed by atoms with Gasteiger partial charge < -0.3 is 19.1 Å². The third-order valence-corrected chi connectivity index (χ3v) is 4.07. The molecule has 0 saturated heterocycles. The Bertz CT molecular complexity index is 1010. The van der Waals surface area contributed by atoms with Crippen LogP contribution in [-0.4, -0.2) is 39.6 Å². The fourth-order valence-corrected chi connectivity index (χ4v) is 2.62. The molecule has 3 rings (SSSR count). The quantitative estimate of drug-likeness (QED) is 0.717. The third kappa shape index (κ3) is 4.05. The van der Waals surface area contributed by atoms with E-state index in [2.05, 4.69) is 15.1 Å². The van der Waals surface area contributed by atoms with Crippen LogP contribution < -0.4 is 10.2 Å². The van der Waals surface area contributed by atoms with Crippen molar-refractivity contribution in [3.05, 3.63) is 63.9 Å². The molecule has 0 saturated carbocycles. The first-order valence-electron chi connectivity index (χ1n) is 8.47. The zero-order chi connectivity index (χ0) is 19.4. The number of nitrogens with one attached hydrogen (secondary N) is 1. The molecular formula is C19H20N4O4. The maximum atomic E-state index is 12.7. The number of pyridine rings is 1. The zero-order valence-corrected chi connectivity index (χ0v) is 15.4. The fourth-order valence-electron chi connectivity index (χ4n) is 2.62. The van der Waals surface area contributed by atoms with Gasteiger partial charge in [-0.25, -0.2) is 0 Å². The van der Waals surface area contributed by atoms with Crippen molar-refractivity contribution >= 4 is 5.91 Å². The molecule has 0 aliphatic rings. The van der Waals surface area contributed by atoms with Crippen LogP contribution in [0.15, 0.2) is 45.8 Å². The van der Waals surface area contributed by atoms with E-state index in [1.807, 2.05) is 38.1 Å². The van der Waals surface area contributed by atoms with Crippen molar-refractivity contribution in [2.24, 2.45) is 0 Å². The molecule has 0 aliphatic heterocycles. The van der Waals surface area contributed by atoms with Gasteiger partial charge in [-0.05, 0) is 19.9 Å². The van der Waals surface area contributed by atoms with Gasteiger partial charge in [0.25, 0.3) is 5.91 Å². The number of nitrogens with zero attached hydrogens (tertiary/aromatic N) is 3. The Kier molecular flexibility index (Phi) is 5.35. The van der Waals surface area contributed by atoms with Crippen LogP contribution in [-0.2, 0) is 6.54 Å². The molecule has 0 aliphatic carbocycles. The lowest BCUT2D eigenvalue weighted by Gasteiger charge is -2.18. The van der Waals surface area contributed by atoms with E-state index in [0.29, 0.717) is 18.3 Å². The molecular weight excluding hydrogens is 348 g/mol. The number of ether oxygens (including phenoxy) is 1. The smallest absolute Gasteiger partial charge is 0.270 e. The fraction of sp³-hybridized carbons (Fsp3) is 0.263. The number of aryl methyl sites for hydroxylation is 1. The lowest BCUT2D eigenvalue weighted by molar-refractivity contribution is 0.0728. The van der Waals surface area contributed by atoms with Crippen molar-refractivity contribution in [1.29, 1.82) is 0 Å². The van der Waals surface area contributed by atoms with Gasteiger partial charge in [0.2, 0.25) is 17.1 Å². The molecule has 0 atom stereocenters. The first-order chi connectivity index (χ1) is 13.0. The van der Waals surface area contributed by atoms with E-state index in [0.717, 1.165) is 11.1 Å². The zero-order valence-electron chi connectivity index (χ0n) is 15.4. The Morgan fingerprint density at radius 2 is 2.15 bits per heavy atom. The predicted molar refractivity (Wildman–Crippen MR) is 98.5 cm³/mol. The Labute approximate surface area is 155 Å². The van der Waals surface area contributed by atoms with Crippen molar-refractivity contribution in [3.8, 4) is 17.1 Å². The Balaban J connectivity index is 1.78. The van der Waals surface area contributed by atoms with Crippen molar-refractivity contribution in [2.45, 2.75) is 20.4 Å². The topological polar surface area (TPSA) is 101 Å². The van der Waals surface area contributed by atoms with Gasteiger partial charge in [-0.15, -0.1) is 0 Å². The lowest BCUT2D eigenvalue weighted by atomic mass is 10.1. The summed E-state index contributed by atoms with van der Waals surface area (Å²) in [4.78, 5) is 33.2. The molecule has 1 aromatic carbocycles. The number of methoxy groups -OCH3 is 1. The van der Waals surface area contributed by atoms with Crippen molar-refractivity contribution in [2.75, 3.05) is 13.7 Å². The summed E-state index contributed by atoms with van der Waals surface area (Å²) in [5.74, 6) is 0.592. The summed E-state index contributed by atoms with van der Waals surface area (Å²) in [6.07, 6.45) is 1.37. The predicted octanol–water partition coefficient (Wildman–Crippen LogP) is 2.40. The largest absolute Gasteiger partial charge is 0.491 e. The number of rotatable bonds is 6. The molecule has 3 aromatic rings. The number of hydrogen-bond acceptors (Lipinski definition) is 6. The molecule has 8 heteroatoms. The van der Waals surface area contributed by atoms with Crippen LogP contribution in [0.4, 0.5) is 0 Å². The average Bonchev–Trinajstić information content (AvgIpc) is 3.14. The van der Waals surface area contributed by atoms with Gasteiger partial charge in [0.05, 0.1) is 7.11 Å². The summed E-state index contributed by atoms with van der Waals surface area (Å²) < 4.78 is 10.2. The molecule has 2 aromatic heterocycles. The number of amides is 1. The summed E-state index contributed by atoms with van der Waals surface area (Å²) in [6, 6.07) is 8.97. The van der Waals surface area contributed by atoms with Crippen LogP contribution in [0.2, 0.25) is 0 Å². The number of carbonyl (C=O) groups is 1. The summed E-state index contributed by atoms with van der Waals surface area (Å²) in [6.45, 7) is 4.37. The average molecular weight is 368 g/mol.